The van der Waals surface area contributed by atoms with Gasteiger partial charge in [-0.1, -0.05) is 18.2 Å². The van der Waals surface area contributed by atoms with Gasteiger partial charge in [-0.25, -0.2) is 0 Å². The maximum Gasteiger partial charge on any atom is 0.0528 e. The summed E-state index contributed by atoms with van der Waals surface area (Å²) < 4.78 is 2.40. The van der Waals surface area contributed by atoms with E-state index in [2.05, 4.69) is 41.1 Å². The smallest absolute Gasteiger partial charge is 0.0528 e. The molecule has 1 aromatic heterocycles. The van der Waals surface area contributed by atoms with Crippen molar-refractivity contribution in [1.29, 1.82) is 0 Å². The maximum absolute atomic E-state index is 5.85. The highest BCUT2D eigenvalue weighted by Crippen LogP contribution is 2.25. The highest BCUT2D eigenvalue weighted by Gasteiger charge is 2.21. The predicted molar refractivity (Wildman–Crippen MR) is 75.4 cm³/mol. The third-order valence-corrected chi connectivity index (χ3v) is 3.77. The first-order valence-electron chi connectivity index (χ1n) is 6.87. The molecule has 3 N–H and O–H groups in total. The van der Waals surface area contributed by atoms with Gasteiger partial charge >= 0.3 is 0 Å². The van der Waals surface area contributed by atoms with E-state index in [4.69, 9.17) is 5.73 Å². The number of nitrogens with one attached hydrogen (secondary N) is 1. The van der Waals surface area contributed by atoms with Gasteiger partial charge in [0, 0.05) is 36.8 Å². The van der Waals surface area contributed by atoms with Gasteiger partial charge in [0.15, 0.2) is 0 Å². The zero-order valence-corrected chi connectivity index (χ0v) is 10.9. The number of rotatable bonds is 5. The SMILES string of the molecule is CCn1c(CNC2CC2)cc2cccc(CN)c21. The lowest BCUT2D eigenvalue weighted by Gasteiger charge is -2.10. The van der Waals surface area contributed by atoms with E-state index < -0.39 is 0 Å². The molecule has 3 nitrogen and oxygen atoms in total. The molecule has 0 amide bonds. The van der Waals surface area contributed by atoms with Crippen LogP contribution in [0, 0.1) is 0 Å². The van der Waals surface area contributed by atoms with Crippen molar-refractivity contribution in [2.75, 3.05) is 0 Å². The van der Waals surface area contributed by atoms with Crippen molar-refractivity contribution in [2.45, 2.75) is 45.4 Å². The van der Waals surface area contributed by atoms with Crippen molar-refractivity contribution in [3.63, 3.8) is 0 Å². The van der Waals surface area contributed by atoms with E-state index in [1.807, 2.05) is 0 Å². The molecule has 0 saturated heterocycles. The number of para-hydroxylation sites is 1. The number of nitrogens with two attached hydrogens (primary N) is 1. The largest absolute Gasteiger partial charge is 0.343 e. The van der Waals surface area contributed by atoms with Crippen LogP contribution in [0.2, 0.25) is 0 Å². The van der Waals surface area contributed by atoms with Crippen molar-refractivity contribution < 1.29 is 0 Å². The summed E-state index contributed by atoms with van der Waals surface area (Å²) in [7, 11) is 0. The molecule has 0 atom stereocenters. The molecule has 3 heteroatoms. The molecule has 0 radical (unpaired) electrons. The number of benzene rings is 1. The molecule has 3 rings (SSSR count). The van der Waals surface area contributed by atoms with E-state index in [-0.39, 0.29) is 0 Å². The highest BCUT2D eigenvalue weighted by atomic mass is 15.0. The number of fused-ring (bicyclic) bond motifs is 1. The van der Waals surface area contributed by atoms with E-state index in [1.165, 1.54) is 35.0 Å². The van der Waals surface area contributed by atoms with Gasteiger partial charge in [-0.3, -0.25) is 0 Å². The van der Waals surface area contributed by atoms with Gasteiger partial charge in [-0.15, -0.1) is 0 Å². The predicted octanol–water partition coefficient (Wildman–Crippen LogP) is 2.37. The fourth-order valence-corrected chi connectivity index (χ4v) is 2.67. The fourth-order valence-electron chi connectivity index (χ4n) is 2.67. The van der Waals surface area contributed by atoms with Crippen LogP contribution in [0.1, 0.15) is 31.0 Å². The summed E-state index contributed by atoms with van der Waals surface area (Å²) >= 11 is 0. The quantitative estimate of drug-likeness (QED) is 0.846. The van der Waals surface area contributed by atoms with E-state index in [0.717, 1.165) is 19.1 Å². The average molecular weight is 243 g/mol. The van der Waals surface area contributed by atoms with E-state index in [0.29, 0.717) is 6.54 Å². The van der Waals surface area contributed by atoms with Crippen LogP contribution in [0.15, 0.2) is 24.3 Å². The first kappa shape index (κ1) is 11.8. The Morgan fingerprint density at radius 1 is 1.39 bits per heavy atom. The second kappa shape index (κ2) is 4.75. The van der Waals surface area contributed by atoms with E-state index >= 15 is 0 Å². The molecule has 1 saturated carbocycles. The topological polar surface area (TPSA) is 43.0 Å². The minimum absolute atomic E-state index is 0.608. The monoisotopic (exact) mass is 243 g/mol. The maximum atomic E-state index is 5.85. The van der Waals surface area contributed by atoms with Crippen molar-refractivity contribution in [3.8, 4) is 0 Å². The third kappa shape index (κ3) is 2.04. The number of nitrogens with zero attached hydrogens (tertiary/aromatic N) is 1. The Morgan fingerprint density at radius 2 is 2.22 bits per heavy atom. The third-order valence-electron chi connectivity index (χ3n) is 3.77. The van der Waals surface area contributed by atoms with Crippen molar-refractivity contribution in [3.05, 3.63) is 35.5 Å². The number of aromatic nitrogens is 1. The van der Waals surface area contributed by atoms with E-state index in [1.54, 1.807) is 0 Å². The molecule has 0 bridgehead atoms. The van der Waals surface area contributed by atoms with Crippen molar-refractivity contribution >= 4 is 10.9 Å². The fraction of sp³-hybridized carbons (Fsp3) is 0.467. The van der Waals surface area contributed by atoms with Gasteiger partial charge < -0.3 is 15.6 Å². The van der Waals surface area contributed by atoms with Crippen molar-refractivity contribution in [1.82, 2.24) is 9.88 Å². The molecule has 0 unspecified atom stereocenters. The van der Waals surface area contributed by atoms with Crippen LogP contribution in [-0.4, -0.2) is 10.6 Å². The molecule has 1 heterocycles. The lowest BCUT2D eigenvalue weighted by Crippen LogP contribution is -2.18. The minimum Gasteiger partial charge on any atom is -0.343 e. The summed E-state index contributed by atoms with van der Waals surface area (Å²) in [5.74, 6) is 0. The molecule has 96 valence electrons. The van der Waals surface area contributed by atoms with Crippen LogP contribution in [0.25, 0.3) is 10.9 Å². The number of hydrogen-bond donors (Lipinski definition) is 2. The molecule has 1 aliphatic carbocycles. The molecule has 18 heavy (non-hydrogen) atoms. The van der Waals surface area contributed by atoms with Gasteiger partial charge in [-0.2, -0.15) is 0 Å². The molecule has 0 spiro atoms. The Hall–Kier alpha value is -1.32. The molecule has 2 aromatic rings. The molecule has 1 aliphatic rings. The Kier molecular flexibility index (Phi) is 3.10. The van der Waals surface area contributed by atoms with Crippen LogP contribution < -0.4 is 11.1 Å². The second-order valence-electron chi connectivity index (χ2n) is 5.09. The summed E-state index contributed by atoms with van der Waals surface area (Å²) in [5.41, 5.74) is 9.78. The first-order valence-corrected chi connectivity index (χ1v) is 6.87. The summed E-state index contributed by atoms with van der Waals surface area (Å²) in [5, 5.41) is 4.91. The number of hydrogen-bond acceptors (Lipinski definition) is 2. The molecule has 1 fully saturated rings. The van der Waals surface area contributed by atoms with Crippen LogP contribution >= 0.6 is 0 Å². The van der Waals surface area contributed by atoms with Gasteiger partial charge in [0.2, 0.25) is 0 Å². The Morgan fingerprint density at radius 3 is 2.89 bits per heavy atom. The molecule has 1 aromatic carbocycles. The lowest BCUT2D eigenvalue weighted by molar-refractivity contribution is 0.633. The summed E-state index contributed by atoms with van der Waals surface area (Å²) in [4.78, 5) is 0. The normalized spacial score (nSPS) is 15.4. The van der Waals surface area contributed by atoms with Gasteiger partial charge in [0.1, 0.15) is 0 Å². The zero-order chi connectivity index (χ0) is 12.5. The van der Waals surface area contributed by atoms with Crippen LogP contribution in [0.3, 0.4) is 0 Å². The Bertz CT molecular complexity index is 552. The molecule has 0 aliphatic heterocycles. The first-order chi connectivity index (χ1) is 8.83. The Labute approximate surface area is 108 Å². The van der Waals surface area contributed by atoms with Gasteiger partial charge in [-0.05, 0) is 31.4 Å². The van der Waals surface area contributed by atoms with Crippen LogP contribution in [-0.2, 0) is 19.6 Å². The number of aryl methyl sites for hydroxylation is 1. The zero-order valence-electron chi connectivity index (χ0n) is 10.9. The minimum atomic E-state index is 0.608. The summed E-state index contributed by atoms with van der Waals surface area (Å²) in [6.45, 7) is 4.78. The Balaban J connectivity index is 2.02. The molecular weight excluding hydrogens is 222 g/mol. The molecular formula is C15H21N3. The van der Waals surface area contributed by atoms with Crippen molar-refractivity contribution in [2.24, 2.45) is 5.73 Å². The van der Waals surface area contributed by atoms with Crippen LogP contribution in [0.5, 0.6) is 0 Å². The lowest BCUT2D eigenvalue weighted by atomic mass is 10.1. The standard InChI is InChI=1S/C15H21N3/c1-2-18-14(10-17-13-6-7-13)8-11-4-3-5-12(9-16)15(11)18/h3-5,8,13,17H,2,6-7,9-10,16H2,1H3. The highest BCUT2D eigenvalue weighted by molar-refractivity contribution is 5.84. The summed E-state index contributed by atoms with van der Waals surface area (Å²) in [6.07, 6.45) is 2.67. The average Bonchev–Trinajstić information content (AvgIpc) is 3.15. The van der Waals surface area contributed by atoms with E-state index in [9.17, 15) is 0 Å². The second-order valence-corrected chi connectivity index (χ2v) is 5.09. The van der Waals surface area contributed by atoms with Gasteiger partial charge in [0.25, 0.3) is 0 Å². The van der Waals surface area contributed by atoms with Gasteiger partial charge in [0.05, 0.1) is 5.52 Å². The summed E-state index contributed by atoms with van der Waals surface area (Å²) in [6, 6.07) is 9.46. The van der Waals surface area contributed by atoms with Crippen LogP contribution in [0.4, 0.5) is 0 Å².